The molecular formula is C19H24S2. The Balaban J connectivity index is 2.09. The molecule has 0 saturated carbocycles. The Hall–Kier alpha value is -0.860. The first-order chi connectivity index (χ1) is 10.2. The fourth-order valence-electron chi connectivity index (χ4n) is 2.29. The molecule has 0 unspecified atom stereocenters. The van der Waals surface area contributed by atoms with E-state index in [0.29, 0.717) is 0 Å². The van der Waals surface area contributed by atoms with Crippen molar-refractivity contribution in [1.82, 2.24) is 0 Å². The van der Waals surface area contributed by atoms with Crippen LogP contribution in [0.1, 0.15) is 39.5 Å². The van der Waals surface area contributed by atoms with Gasteiger partial charge in [-0.15, -0.1) is 23.5 Å². The van der Waals surface area contributed by atoms with Crippen LogP contribution in [0, 0.1) is 0 Å². The fourth-order valence-corrected chi connectivity index (χ4v) is 5.12. The Kier molecular flexibility index (Phi) is 6.72. The molecule has 0 aromatic heterocycles. The normalized spacial score (nSPS) is 11.5. The molecule has 0 aliphatic carbocycles. The maximum absolute atomic E-state index is 2.39. The first-order valence-corrected chi connectivity index (χ1v) is 9.33. The van der Waals surface area contributed by atoms with Crippen LogP contribution in [0.2, 0.25) is 0 Å². The van der Waals surface area contributed by atoms with E-state index in [0.717, 1.165) is 0 Å². The minimum Gasteiger partial charge on any atom is -0.108 e. The molecule has 0 heterocycles. The average Bonchev–Trinajstić information content (AvgIpc) is 2.49. The Labute approximate surface area is 137 Å². The summed E-state index contributed by atoms with van der Waals surface area (Å²) in [5.41, 5.74) is 0. The van der Waals surface area contributed by atoms with Crippen LogP contribution in [0.15, 0.2) is 70.5 Å². The van der Waals surface area contributed by atoms with Crippen LogP contribution in [-0.2, 0) is 0 Å². The van der Waals surface area contributed by atoms with Crippen LogP contribution in [-0.4, -0.2) is 4.08 Å². The van der Waals surface area contributed by atoms with Gasteiger partial charge in [0.2, 0.25) is 0 Å². The Morgan fingerprint density at radius 3 is 1.67 bits per heavy atom. The van der Waals surface area contributed by atoms with Gasteiger partial charge in [0.15, 0.2) is 0 Å². The molecule has 0 bridgehead atoms. The van der Waals surface area contributed by atoms with Gasteiger partial charge >= 0.3 is 0 Å². The Morgan fingerprint density at radius 2 is 1.24 bits per heavy atom. The highest BCUT2D eigenvalue weighted by Gasteiger charge is 2.26. The number of unbranched alkanes of at least 4 members (excludes halogenated alkanes) is 2. The van der Waals surface area contributed by atoms with Crippen LogP contribution < -0.4 is 0 Å². The lowest BCUT2D eigenvalue weighted by atomic mass is 10.2. The molecule has 0 amide bonds. The summed E-state index contributed by atoms with van der Waals surface area (Å²) in [5.74, 6) is 0. The van der Waals surface area contributed by atoms with Gasteiger partial charge in [0.05, 0.1) is 4.08 Å². The number of hydrogen-bond donors (Lipinski definition) is 0. The van der Waals surface area contributed by atoms with E-state index >= 15 is 0 Å². The van der Waals surface area contributed by atoms with Crippen molar-refractivity contribution in [2.45, 2.75) is 53.4 Å². The maximum Gasteiger partial charge on any atom is 0.0677 e. The van der Waals surface area contributed by atoms with Gasteiger partial charge in [0.25, 0.3) is 0 Å². The van der Waals surface area contributed by atoms with Crippen molar-refractivity contribution in [3.05, 3.63) is 60.7 Å². The second kappa shape index (κ2) is 8.55. The first kappa shape index (κ1) is 16.5. The minimum absolute atomic E-state index is 0.192. The van der Waals surface area contributed by atoms with Crippen LogP contribution in [0.4, 0.5) is 0 Å². The van der Waals surface area contributed by atoms with Crippen molar-refractivity contribution >= 4 is 23.5 Å². The summed E-state index contributed by atoms with van der Waals surface area (Å²) in [6.45, 7) is 4.66. The Morgan fingerprint density at radius 1 is 0.762 bits per heavy atom. The molecule has 21 heavy (non-hydrogen) atoms. The lowest BCUT2D eigenvalue weighted by molar-refractivity contribution is 0.644. The summed E-state index contributed by atoms with van der Waals surface area (Å²) >= 11 is 4.00. The van der Waals surface area contributed by atoms with Crippen molar-refractivity contribution in [1.29, 1.82) is 0 Å². The van der Waals surface area contributed by atoms with Gasteiger partial charge in [-0.25, -0.2) is 0 Å². The van der Waals surface area contributed by atoms with Crippen LogP contribution in [0.25, 0.3) is 0 Å². The summed E-state index contributed by atoms with van der Waals surface area (Å²) in [6, 6.07) is 21.5. The van der Waals surface area contributed by atoms with Gasteiger partial charge in [-0.2, -0.15) is 0 Å². The molecule has 2 aromatic rings. The summed E-state index contributed by atoms with van der Waals surface area (Å²) < 4.78 is 0.192. The SMILES string of the molecule is CCCCCC(C)(Sc1ccccc1)Sc1ccccc1. The second-order valence-electron chi connectivity index (χ2n) is 5.42. The molecule has 0 aliphatic rings. The first-order valence-electron chi connectivity index (χ1n) is 7.70. The van der Waals surface area contributed by atoms with Crippen molar-refractivity contribution < 1.29 is 0 Å². The molecule has 2 rings (SSSR count). The number of thioether (sulfide) groups is 2. The lowest BCUT2D eigenvalue weighted by Gasteiger charge is -2.28. The van der Waals surface area contributed by atoms with E-state index in [-0.39, 0.29) is 4.08 Å². The van der Waals surface area contributed by atoms with E-state index in [1.807, 2.05) is 23.5 Å². The lowest BCUT2D eigenvalue weighted by Crippen LogP contribution is -2.14. The third kappa shape index (κ3) is 5.80. The number of benzene rings is 2. The molecule has 0 atom stereocenters. The standard InChI is InChI=1S/C19H24S2/c1-3-4-11-16-19(2,20-17-12-7-5-8-13-17)21-18-14-9-6-10-15-18/h5-10,12-15H,3-4,11,16H2,1-2H3. The zero-order valence-electron chi connectivity index (χ0n) is 12.9. The molecule has 0 N–H and O–H groups in total. The summed E-state index contributed by atoms with van der Waals surface area (Å²) in [6.07, 6.45) is 5.13. The largest absolute Gasteiger partial charge is 0.108 e. The molecule has 0 nitrogen and oxygen atoms in total. The topological polar surface area (TPSA) is 0 Å². The highest BCUT2D eigenvalue weighted by atomic mass is 32.2. The van der Waals surface area contributed by atoms with Gasteiger partial charge in [-0.1, -0.05) is 62.6 Å². The van der Waals surface area contributed by atoms with Crippen molar-refractivity contribution in [3.63, 3.8) is 0 Å². The van der Waals surface area contributed by atoms with E-state index in [1.54, 1.807) is 0 Å². The third-order valence-corrected chi connectivity index (χ3v) is 6.18. The molecule has 2 aromatic carbocycles. The van der Waals surface area contributed by atoms with Gasteiger partial charge in [-0.3, -0.25) is 0 Å². The molecule has 2 heteroatoms. The van der Waals surface area contributed by atoms with Crippen molar-refractivity contribution in [2.24, 2.45) is 0 Å². The highest BCUT2D eigenvalue weighted by Crippen LogP contribution is 2.48. The quantitative estimate of drug-likeness (QED) is 0.296. The molecule has 112 valence electrons. The molecule has 0 saturated heterocycles. The van der Waals surface area contributed by atoms with Crippen LogP contribution >= 0.6 is 23.5 Å². The maximum atomic E-state index is 2.39. The third-order valence-electron chi connectivity index (χ3n) is 3.39. The fraction of sp³-hybridized carbons (Fsp3) is 0.368. The molecular weight excluding hydrogens is 292 g/mol. The van der Waals surface area contributed by atoms with Crippen LogP contribution in [0.5, 0.6) is 0 Å². The number of hydrogen-bond acceptors (Lipinski definition) is 2. The monoisotopic (exact) mass is 316 g/mol. The number of rotatable bonds is 8. The predicted molar refractivity (Wildman–Crippen MR) is 97.1 cm³/mol. The van der Waals surface area contributed by atoms with Gasteiger partial charge in [-0.05, 0) is 37.6 Å². The van der Waals surface area contributed by atoms with Crippen LogP contribution in [0.3, 0.4) is 0 Å². The predicted octanol–water partition coefficient (Wildman–Crippen LogP) is 6.87. The van der Waals surface area contributed by atoms with Gasteiger partial charge in [0.1, 0.15) is 0 Å². The smallest absolute Gasteiger partial charge is 0.0677 e. The van der Waals surface area contributed by atoms with E-state index in [1.165, 1.54) is 35.5 Å². The second-order valence-corrected chi connectivity index (χ2v) is 8.83. The zero-order chi connectivity index (χ0) is 15.0. The molecule has 0 fully saturated rings. The van der Waals surface area contributed by atoms with Gasteiger partial charge < -0.3 is 0 Å². The van der Waals surface area contributed by atoms with Gasteiger partial charge in [0, 0.05) is 9.79 Å². The van der Waals surface area contributed by atoms with Crippen molar-refractivity contribution in [3.8, 4) is 0 Å². The van der Waals surface area contributed by atoms with E-state index in [2.05, 4.69) is 74.5 Å². The van der Waals surface area contributed by atoms with Crippen molar-refractivity contribution in [2.75, 3.05) is 0 Å². The Bertz CT molecular complexity index is 466. The molecule has 0 spiro atoms. The summed E-state index contributed by atoms with van der Waals surface area (Å²) in [5, 5.41) is 0. The summed E-state index contributed by atoms with van der Waals surface area (Å²) in [4.78, 5) is 2.72. The van der Waals surface area contributed by atoms with E-state index in [9.17, 15) is 0 Å². The molecule has 0 aliphatic heterocycles. The average molecular weight is 317 g/mol. The zero-order valence-corrected chi connectivity index (χ0v) is 14.6. The highest BCUT2D eigenvalue weighted by molar-refractivity contribution is 8.18. The summed E-state index contributed by atoms with van der Waals surface area (Å²) in [7, 11) is 0. The minimum atomic E-state index is 0.192. The van der Waals surface area contributed by atoms with E-state index in [4.69, 9.17) is 0 Å². The molecule has 0 radical (unpaired) electrons. The van der Waals surface area contributed by atoms with E-state index < -0.39 is 0 Å².